The van der Waals surface area contributed by atoms with Crippen molar-refractivity contribution in [1.82, 2.24) is 10.2 Å². The van der Waals surface area contributed by atoms with Crippen molar-refractivity contribution in [1.29, 1.82) is 0 Å². The Balaban J connectivity index is 1.14. The minimum atomic E-state index is -0.986. The zero-order valence-corrected chi connectivity index (χ0v) is 27.1. The number of Topliss-reactive ketones (excluding diaryl/α,β-unsaturated/α-hetero) is 1. The molecule has 4 fully saturated rings. The largest absolute Gasteiger partial charge is 0.497 e. The summed E-state index contributed by atoms with van der Waals surface area (Å²) in [6, 6.07) is 10.8. The number of hydrogen-bond acceptors (Lipinski definition) is 8. The second-order valence-corrected chi connectivity index (χ2v) is 13.3. The molecule has 4 aliphatic carbocycles. The fourth-order valence-electron chi connectivity index (χ4n) is 8.36. The molecule has 1 amide bonds. The number of esters is 1. The van der Waals surface area contributed by atoms with Gasteiger partial charge in [0.25, 0.3) is 5.91 Å². The molecule has 0 aromatic heterocycles. The van der Waals surface area contributed by atoms with Gasteiger partial charge in [0, 0.05) is 24.2 Å². The van der Waals surface area contributed by atoms with Gasteiger partial charge in [-0.3, -0.25) is 9.59 Å². The van der Waals surface area contributed by atoms with Gasteiger partial charge < -0.3 is 29.2 Å². The molecule has 9 heteroatoms. The van der Waals surface area contributed by atoms with Crippen molar-refractivity contribution in [3.63, 3.8) is 0 Å². The Morgan fingerprint density at radius 1 is 1.11 bits per heavy atom. The topological polar surface area (TPSA) is 103 Å². The molecule has 8 atom stereocenters. The summed E-state index contributed by atoms with van der Waals surface area (Å²) in [4.78, 5) is 43.1. The van der Waals surface area contributed by atoms with Crippen LogP contribution in [0.4, 0.5) is 0 Å². The van der Waals surface area contributed by atoms with Crippen molar-refractivity contribution < 1.29 is 33.3 Å². The van der Waals surface area contributed by atoms with E-state index in [0.29, 0.717) is 35.8 Å². The van der Waals surface area contributed by atoms with E-state index in [1.807, 2.05) is 54.3 Å². The number of ether oxygens (including phenoxy) is 4. The van der Waals surface area contributed by atoms with Crippen molar-refractivity contribution in [2.45, 2.75) is 57.7 Å². The van der Waals surface area contributed by atoms with Crippen LogP contribution in [0.3, 0.4) is 0 Å². The monoisotopic (exact) mass is 638 g/mol. The van der Waals surface area contributed by atoms with E-state index in [1.165, 1.54) is 0 Å². The van der Waals surface area contributed by atoms with E-state index in [9.17, 15) is 14.4 Å². The van der Waals surface area contributed by atoms with Gasteiger partial charge in [0.15, 0.2) is 17.3 Å². The number of amides is 1. The zero-order valence-electron chi connectivity index (χ0n) is 27.1. The second kappa shape index (κ2) is 12.6. The molecule has 3 saturated carbocycles. The minimum Gasteiger partial charge on any atom is -0.497 e. The fraction of sp³-hybridized carbons (Fsp3) is 0.447. The lowest BCUT2D eigenvalue weighted by Crippen LogP contribution is -2.49. The molecule has 0 radical (unpaired) electrons. The zero-order chi connectivity index (χ0) is 32.8. The fourth-order valence-corrected chi connectivity index (χ4v) is 8.36. The summed E-state index contributed by atoms with van der Waals surface area (Å²) < 4.78 is 23.0. The number of allylic oxidation sites excluding steroid dienone is 1. The number of fused-ring (bicyclic) bond motifs is 6. The molecule has 2 bridgehead atoms. The third kappa shape index (κ3) is 5.59. The number of likely N-dealkylation sites (N-methyl/N-ethyl adjacent to an activating group) is 1. The van der Waals surface area contributed by atoms with Gasteiger partial charge in [-0.05, 0) is 92.3 Å². The highest BCUT2D eigenvalue weighted by Crippen LogP contribution is 2.54. The van der Waals surface area contributed by atoms with E-state index in [1.54, 1.807) is 26.3 Å². The van der Waals surface area contributed by atoms with E-state index in [2.05, 4.69) is 18.0 Å². The molecule has 2 heterocycles. The van der Waals surface area contributed by atoms with Crippen molar-refractivity contribution in [3.8, 4) is 5.75 Å². The first-order valence-electron chi connectivity index (χ1n) is 16.7. The lowest BCUT2D eigenvalue weighted by Gasteiger charge is -2.49. The number of ketones is 1. The summed E-state index contributed by atoms with van der Waals surface area (Å²) in [7, 11) is 1.64. The quantitative estimate of drug-likeness (QED) is 0.211. The van der Waals surface area contributed by atoms with Crippen molar-refractivity contribution >= 4 is 28.4 Å². The lowest BCUT2D eigenvalue weighted by molar-refractivity contribution is -0.160. The molecule has 2 aromatic carbocycles. The van der Waals surface area contributed by atoms with Gasteiger partial charge in [-0.25, -0.2) is 4.79 Å². The van der Waals surface area contributed by atoms with Crippen LogP contribution in [0.15, 0.2) is 84.5 Å². The number of rotatable bonds is 9. The van der Waals surface area contributed by atoms with Gasteiger partial charge in [-0.1, -0.05) is 30.3 Å². The highest BCUT2D eigenvalue weighted by Gasteiger charge is 2.46. The van der Waals surface area contributed by atoms with Crippen LogP contribution in [0.2, 0.25) is 0 Å². The average molecular weight is 639 g/mol. The lowest BCUT2D eigenvalue weighted by atomic mass is 9.58. The number of benzene rings is 2. The van der Waals surface area contributed by atoms with E-state index in [-0.39, 0.29) is 30.1 Å². The van der Waals surface area contributed by atoms with Crippen molar-refractivity contribution in [2.24, 2.45) is 29.6 Å². The van der Waals surface area contributed by atoms with Gasteiger partial charge in [-0.15, -0.1) is 6.58 Å². The van der Waals surface area contributed by atoms with E-state index >= 15 is 0 Å². The number of methoxy groups -OCH3 is 1. The molecular weight excluding hydrogens is 596 g/mol. The number of nitrogens with zero attached hydrogens (tertiary/aromatic N) is 1. The van der Waals surface area contributed by atoms with Crippen molar-refractivity contribution in [3.05, 3.63) is 90.1 Å². The summed E-state index contributed by atoms with van der Waals surface area (Å²) >= 11 is 0. The van der Waals surface area contributed by atoms with E-state index < -0.39 is 29.9 Å². The predicted molar refractivity (Wildman–Crippen MR) is 176 cm³/mol. The summed E-state index contributed by atoms with van der Waals surface area (Å²) in [5, 5.41) is 4.79. The van der Waals surface area contributed by atoms with Gasteiger partial charge >= 0.3 is 5.97 Å². The maximum Gasteiger partial charge on any atom is 0.328 e. The third-order valence-corrected chi connectivity index (χ3v) is 10.9. The number of nitrogens with one attached hydrogen (secondary N) is 1. The standard InChI is InChI=1S/C38H42N2O7/c1-5-22-14-25-11-10-24(22)15-29(25)36(27-9-7-8-23-12-13-26(44-4)16-28(23)27)47-38(43)21(3)39-37(42)31-19-40(6-2)32-18-34-33(45-20-46-34)17-30(32)35(31)41/h5,7-9,12-13,16-19,21-22,24-25,29-30,32,36H,1,6,10-11,14-15,20H2,2-4H3,(H,39,42)/t21-,22?,24?,25?,29?,30?,32?,36+/m0/s1. The third-order valence-electron chi connectivity index (χ3n) is 10.9. The van der Waals surface area contributed by atoms with Crippen LogP contribution in [-0.4, -0.2) is 55.1 Å². The SMILES string of the molecule is C=CC1CC2CCC1CC2[C@H](OC(=O)[C@H](C)NC(=O)C1=CN(CC)C2C=C3OCOC3=CC2C1=O)c1cccc2ccc(OC)cc12. The van der Waals surface area contributed by atoms with Crippen LogP contribution in [0, 0.1) is 29.6 Å². The normalized spacial score (nSPS) is 28.8. The Kier molecular flexibility index (Phi) is 8.32. The molecule has 2 aliphatic heterocycles. The van der Waals surface area contributed by atoms with Gasteiger partial charge in [0.05, 0.1) is 24.6 Å². The number of hydrogen-bond donors (Lipinski definition) is 1. The molecule has 6 unspecified atom stereocenters. The highest BCUT2D eigenvalue weighted by atomic mass is 16.7. The summed E-state index contributed by atoms with van der Waals surface area (Å²) in [5.41, 5.74) is 0.935. The maximum atomic E-state index is 13.9. The number of carbonyl (C=O) groups excluding carboxylic acids is 3. The van der Waals surface area contributed by atoms with Gasteiger partial charge in [-0.2, -0.15) is 0 Å². The summed E-state index contributed by atoms with van der Waals surface area (Å²) in [6.45, 7) is 8.34. The average Bonchev–Trinajstić information content (AvgIpc) is 3.57. The number of carbonyl (C=O) groups is 3. The highest BCUT2D eigenvalue weighted by molar-refractivity contribution is 6.21. The maximum absolute atomic E-state index is 13.9. The molecule has 1 N–H and O–H groups in total. The Hall–Kier alpha value is -4.53. The van der Waals surface area contributed by atoms with Crippen LogP contribution >= 0.6 is 0 Å². The van der Waals surface area contributed by atoms with Crippen LogP contribution in [0.25, 0.3) is 10.8 Å². The van der Waals surface area contributed by atoms with Gasteiger partial charge in [0.2, 0.25) is 6.79 Å². The Morgan fingerprint density at radius 2 is 1.89 bits per heavy atom. The van der Waals surface area contributed by atoms with Crippen LogP contribution < -0.4 is 10.1 Å². The van der Waals surface area contributed by atoms with Crippen LogP contribution in [0.5, 0.6) is 5.75 Å². The summed E-state index contributed by atoms with van der Waals surface area (Å²) in [6.07, 6.45) is 11.0. The first-order chi connectivity index (χ1) is 22.8. The Morgan fingerprint density at radius 3 is 2.62 bits per heavy atom. The minimum absolute atomic E-state index is 0.00174. The van der Waals surface area contributed by atoms with E-state index in [0.717, 1.165) is 47.8 Å². The molecule has 9 nitrogen and oxygen atoms in total. The molecule has 0 spiro atoms. The molecule has 6 aliphatic rings. The molecule has 2 aromatic rings. The molecule has 47 heavy (non-hydrogen) atoms. The Labute approximate surface area is 275 Å². The first kappa shape index (κ1) is 31.1. The summed E-state index contributed by atoms with van der Waals surface area (Å²) in [5.74, 6) is 1.28. The predicted octanol–water partition coefficient (Wildman–Crippen LogP) is 5.73. The molecule has 246 valence electrons. The molecule has 8 rings (SSSR count). The van der Waals surface area contributed by atoms with Crippen LogP contribution in [-0.2, 0) is 28.6 Å². The van der Waals surface area contributed by atoms with Crippen molar-refractivity contribution in [2.75, 3.05) is 20.4 Å². The van der Waals surface area contributed by atoms with Crippen LogP contribution in [0.1, 0.15) is 51.2 Å². The Bertz CT molecular complexity index is 1710. The molecule has 1 saturated heterocycles. The molecular formula is C38H42N2O7. The smallest absolute Gasteiger partial charge is 0.328 e. The first-order valence-corrected chi connectivity index (χ1v) is 16.7. The van der Waals surface area contributed by atoms with E-state index in [4.69, 9.17) is 18.9 Å². The second-order valence-electron chi connectivity index (χ2n) is 13.3. The van der Waals surface area contributed by atoms with Gasteiger partial charge in [0.1, 0.15) is 17.9 Å².